The molecular formula is C25H23N3O5. The Kier molecular flexibility index (Phi) is 6.17. The van der Waals surface area contributed by atoms with Gasteiger partial charge in [0.05, 0.1) is 38.2 Å². The van der Waals surface area contributed by atoms with Crippen LogP contribution in [0, 0.1) is 0 Å². The first-order valence-electron chi connectivity index (χ1n) is 10.1. The molecule has 0 unspecified atom stereocenters. The number of carbonyl (C=O) groups is 1. The van der Waals surface area contributed by atoms with E-state index < -0.39 is 6.03 Å². The molecule has 0 fully saturated rings. The number of benzene rings is 3. The van der Waals surface area contributed by atoms with Gasteiger partial charge < -0.3 is 24.7 Å². The van der Waals surface area contributed by atoms with Crippen molar-refractivity contribution in [1.82, 2.24) is 4.98 Å². The smallest absolute Gasteiger partial charge is 0.324 e. The third-order valence-corrected chi connectivity index (χ3v) is 5.08. The van der Waals surface area contributed by atoms with Gasteiger partial charge in [-0.2, -0.15) is 0 Å². The van der Waals surface area contributed by atoms with Crippen molar-refractivity contribution >= 4 is 28.3 Å². The number of amides is 2. The molecule has 2 amide bonds. The fraction of sp³-hybridized carbons (Fsp3) is 0.120. The van der Waals surface area contributed by atoms with Crippen molar-refractivity contribution in [3.05, 3.63) is 72.9 Å². The van der Waals surface area contributed by atoms with Gasteiger partial charge in [-0.25, -0.2) is 4.79 Å². The highest BCUT2D eigenvalue weighted by molar-refractivity contribution is 6.00. The summed E-state index contributed by atoms with van der Waals surface area (Å²) in [5.41, 5.74) is 7.49. The number of fused-ring (bicyclic) bond motifs is 1. The maximum absolute atomic E-state index is 12.2. The fourth-order valence-electron chi connectivity index (χ4n) is 3.53. The molecule has 0 saturated carbocycles. The molecule has 0 aliphatic heterocycles. The number of urea groups is 1. The zero-order valence-corrected chi connectivity index (χ0v) is 18.4. The number of nitrogens with two attached hydrogens (primary N) is 1. The molecule has 1 heterocycles. The van der Waals surface area contributed by atoms with Crippen LogP contribution in [-0.4, -0.2) is 32.3 Å². The molecule has 2 N–H and O–H groups in total. The zero-order valence-electron chi connectivity index (χ0n) is 18.4. The number of aromatic nitrogens is 1. The number of anilines is 2. The molecule has 3 aromatic carbocycles. The number of hydrogen-bond acceptors (Lipinski definition) is 6. The van der Waals surface area contributed by atoms with Crippen molar-refractivity contribution in [3.8, 4) is 28.7 Å². The summed E-state index contributed by atoms with van der Waals surface area (Å²) in [6.07, 6.45) is 1.66. The molecule has 0 atom stereocenters. The van der Waals surface area contributed by atoms with Gasteiger partial charge >= 0.3 is 6.03 Å². The van der Waals surface area contributed by atoms with Crippen LogP contribution in [-0.2, 0) is 0 Å². The van der Waals surface area contributed by atoms with Crippen LogP contribution in [0.5, 0.6) is 28.7 Å². The van der Waals surface area contributed by atoms with E-state index in [4.69, 9.17) is 24.7 Å². The average Bonchev–Trinajstić information content (AvgIpc) is 2.84. The summed E-state index contributed by atoms with van der Waals surface area (Å²) in [5.74, 6) is 2.87. The summed E-state index contributed by atoms with van der Waals surface area (Å²) < 4.78 is 22.3. The van der Waals surface area contributed by atoms with Gasteiger partial charge in [-0.3, -0.25) is 9.88 Å². The summed E-state index contributed by atoms with van der Waals surface area (Å²) >= 11 is 0. The number of rotatable bonds is 7. The number of pyridine rings is 1. The van der Waals surface area contributed by atoms with Crippen molar-refractivity contribution in [2.75, 3.05) is 26.2 Å². The quantitative estimate of drug-likeness (QED) is 0.416. The predicted molar refractivity (Wildman–Crippen MR) is 126 cm³/mol. The number of carbonyl (C=O) groups excluding carboxylic acids is 1. The molecule has 1 aromatic heterocycles. The number of primary amides is 1. The van der Waals surface area contributed by atoms with E-state index in [0.717, 1.165) is 5.39 Å². The Hall–Kier alpha value is -4.46. The molecule has 0 aliphatic rings. The minimum Gasteiger partial charge on any atom is -0.495 e. The van der Waals surface area contributed by atoms with E-state index in [2.05, 4.69) is 4.98 Å². The molecule has 33 heavy (non-hydrogen) atoms. The van der Waals surface area contributed by atoms with Gasteiger partial charge in [0.25, 0.3) is 0 Å². The fourth-order valence-corrected chi connectivity index (χ4v) is 3.53. The number of para-hydroxylation sites is 2. The molecule has 0 radical (unpaired) electrons. The zero-order chi connectivity index (χ0) is 23.4. The van der Waals surface area contributed by atoms with Gasteiger partial charge in [0.1, 0.15) is 17.2 Å². The van der Waals surface area contributed by atoms with Crippen LogP contribution in [0.3, 0.4) is 0 Å². The molecule has 0 spiro atoms. The van der Waals surface area contributed by atoms with E-state index >= 15 is 0 Å². The molecule has 168 valence electrons. The van der Waals surface area contributed by atoms with Crippen LogP contribution >= 0.6 is 0 Å². The first kappa shape index (κ1) is 21.8. The molecule has 4 aromatic rings. The maximum atomic E-state index is 12.2. The molecule has 0 saturated heterocycles. The molecule has 0 bridgehead atoms. The third-order valence-electron chi connectivity index (χ3n) is 5.08. The highest BCUT2D eigenvalue weighted by Gasteiger charge is 2.19. The second-order valence-electron chi connectivity index (χ2n) is 6.97. The topological polar surface area (TPSA) is 96.1 Å². The summed E-state index contributed by atoms with van der Waals surface area (Å²) in [7, 11) is 4.69. The number of nitrogens with zero attached hydrogens (tertiary/aromatic N) is 2. The Bertz CT molecular complexity index is 1290. The second kappa shape index (κ2) is 9.35. The van der Waals surface area contributed by atoms with Gasteiger partial charge in [0, 0.05) is 17.6 Å². The first-order valence-corrected chi connectivity index (χ1v) is 10.1. The molecule has 8 heteroatoms. The normalized spacial score (nSPS) is 10.5. The van der Waals surface area contributed by atoms with Gasteiger partial charge in [0.2, 0.25) is 0 Å². The third kappa shape index (κ3) is 4.31. The van der Waals surface area contributed by atoms with Crippen molar-refractivity contribution < 1.29 is 23.7 Å². The van der Waals surface area contributed by atoms with E-state index in [0.29, 0.717) is 45.6 Å². The Balaban J connectivity index is 1.66. The summed E-state index contributed by atoms with van der Waals surface area (Å²) in [4.78, 5) is 18.0. The average molecular weight is 445 g/mol. The van der Waals surface area contributed by atoms with E-state index in [1.165, 1.54) is 4.90 Å². The highest BCUT2D eigenvalue weighted by atomic mass is 16.5. The lowest BCUT2D eigenvalue weighted by Gasteiger charge is -2.23. The summed E-state index contributed by atoms with van der Waals surface area (Å²) in [6, 6.07) is 18.9. The molecule has 0 aliphatic carbocycles. The molecule has 8 nitrogen and oxygen atoms in total. The first-order chi connectivity index (χ1) is 16.0. The molecular weight excluding hydrogens is 422 g/mol. The molecule has 4 rings (SSSR count). The number of methoxy groups -OCH3 is 3. The van der Waals surface area contributed by atoms with Crippen LogP contribution in [0.15, 0.2) is 72.9 Å². The SMILES string of the molecule is COc1cc2nccc(Oc3ccc(N(C(N)=O)c4ccccc4OC)cc3)c2cc1OC. The van der Waals surface area contributed by atoms with Gasteiger partial charge in [0.15, 0.2) is 11.5 Å². The van der Waals surface area contributed by atoms with E-state index in [1.807, 2.05) is 18.2 Å². The van der Waals surface area contributed by atoms with E-state index in [1.54, 1.807) is 76.1 Å². The lowest BCUT2D eigenvalue weighted by atomic mass is 10.1. The Morgan fingerprint density at radius 2 is 1.48 bits per heavy atom. The maximum Gasteiger partial charge on any atom is 0.324 e. The van der Waals surface area contributed by atoms with Crippen molar-refractivity contribution in [1.29, 1.82) is 0 Å². The lowest BCUT2D eigenvalue weighted by molar-refractivity contribution is 0.256. The van der Waals surface area contributed by atoms with Crippen LogP contribution in [0.1, 0.15) is 0 Å². The van der Waals surface area contributed by atoms with Crippen molar-refractivity contribution in [3.63, 3.8) is 0 Å². The number of ether oxygens (including phenoxy) is 4. The number of hydrogen-bond donors (Lipinski definition) is 1. The monoisotopic (exact) mass is 445 g/mol. The summed E-state index contributed by atoms with van der Waals surface area (Å²) in [6.45, 7) is 0. The van der Waals surface area contributed by atoms with Crippen LogP contribution < -0.4 is 29.6 Å². The minimum atomic E-state index is -0.630. The van der Waals surface area contributed by atoms with Gasteiger partial charge in [-0.15, -0.1) is 0 Å². The van der Waals surface area contributed by atoms with E-state index in [-0.39, 0.29) is 0 Å². The van der Waals surface area contributed by atoms with Crippen LogP contribution in [0.25, 0.3) is 10.9 Å². The lowest BCUT2D eigenvalue weighted by Crippen LogP contribution is -2.31. The van der Waals surface area contributed by atoms with Crippen molar-refractivity contribution in [2.45, 2.75) is 0 Å². The van der Waals surface area contributed by atoms with Crippen LogP contribution in [0.2, 0.25) is 0 Å². The largest absolute Gasteiger partial charge is 0.495 e. The minimum absolute atomic E-state index is 0.532. The Labute approximate surface area is 191 Å². The van der Waals surface area contributed by atoms with E-state index in [9.17, 15) is 4.79 Å². The van der Waals surface area contributed by atoms with Crippen LogP contribution in [0.4, 0.5) is 16.2 Å². The van der Waals surface area contributed by atoms with Crippen molar-refractivity contribution in [2.24, 2.45) is 5.73 Å². The standard InChI is InChI=1S/C25H23N3O5/c1-30-22-7-5-4-6-20(22)28(25(26)29)16-8-10-17(11-9-16)33-21-12-13-27-19-15-24(32-3)23(31-2)14-18(19)21/h4-15H,1-3H3,(H2,26,29). The Morgan fingerprint density at radius 3 is 2.15 bits per heavy atom. The predicted octanol–water partition coefficient (Wildman–Crippen LogP) is 5.27. The Morgan fingerprint density at radius 1 is 0.818 bits per heavy atom. The van der Waals surface area contributed by atoms with Gasteiger partial charge in [-0.1, -0.05) is 12.1 Å². The summed E-state index contributed by atoms with van der Waals surface area (Å²) in [5, 5.41) is 0.770. The highest BCUT2D eigenvalue weighted by Crippen LogP contribution is 2.38. The van der Waals surface area contributed by atoms with Gasteiger partial charge in [-0.05, 0) is 48.5 Å². The second-order valence-corrected chi connectivity index (χ2v) is 6.97.